The van der Waals surface area contributed by atoms with Gasteiger partial charge in [-0.15, -0.1) is 0 Å². The molecular weight excluding hydrogens is 231 g/mol. The second-order valence-electron chi connectivity index (χ2n) is 4.81. The van der Waals surface area contributed by atoms with E-state index in [4.69, 9.17) is 10.5 Å². The zero-order valence-corrected chi connectivity index (χ0v) is 10.9. The number of rotatable bonds is 4. The molecule has 2 rings (SSSR count). The van der Waals surface area contributed by atoms with Crippen LogP contribution in [-0.2, 0) is 0 Å². The van der Waals surface area contributed by atoms with E-state index in [1.807, 2.05) is 0 Å². The van der Waals surface area contributed by atoms with E-state index in [9.17, 15) is 4.39 Å². The van der Waals surface area contributed by atoms with Crippen LogP contribution in [0.1, 0.15) is 26.2 Å². The molecule has 1 unspecified atom stereocenters. The maximum Gasteiger partial charge on any atom is 0.142 e. The zero-order valence-electron chi connectivity index (χ0n) is 10.9. The van der Waals surface area contributed by atoms with Gasteiger partial charge in [0.1, 0.15) is 11.6 Å². The van der Waals surface area contributed by atoms with Crippen molar-refractivity contribution in [3.63, 3.8) is 0 Å². The standard InChI is InChI=1S/C14H21FN2O/c1-2-8-18-14-6-5-11(15)9-13(14)17-7-3-4-12(16)10-17/h5-6,9,12H,2-4,7-8,10,16H2,1H3. The minimum absolute atomic E-state index is 0.168. The molecule has 0 amide bonds. The summed E-state index contributed by atoms with van der Waals surface area (Å²) in [5, 5.41) is 0. The van der Waals surface area contributed by atoms with Gasteiger partial charge < -0.3 is 15.4 Å². The van der Waals surface area contributed by atoms with Crippen LogP contribution in [0.25, 0.3) is 0 Å². The third-order valence-corrected chi connectivity index (χ3v) is 3.18. The van der Waals surface area contributed by atoms with Gasteiger partial charge in [-0.05, 0) is 31.4 Å². The Morgan fingerprint density at radius 2 is 2.33 bits per heavy atom. The summed E-state index contributed by atoms with van der Waals surface area (Å²) >= 11 is 0. The van der Waals surface area contributed by atoms with E-state index >= 15 is 0 Å². The molecule has 1 atom stereocenters. The lowest BCUT2D eigenvalue weighted by atomic mass is 10.1. The van der Waals surface area contributed by atoms with E-state index < -0.39 is 0 Å². The highest BCUT2D eigenvalue weighted by molar-refractivity contribution is 5.59. The molecule has 1 fully saturated rings. The summed E-state index contributed by atoms with van der Waals surface area (Å²) in [6.45, 7) is 4.39. The zero-order chi connectivity index (χ0) is 13.0. The summed E-state index contributed by atoms with van der Waals surface area (Å²) in [5.74, 6) is 0.528. The van der Waals surface area contributed by atoms with Gasteiger partial charge in [0.2, 0.25) is 0 Å². The van der Waals surface area contributed by atoms with Crippen LogP contribution in [0.4, 0.5) is 10.1 Å². The number of nitrogens with two attached hydrogens (primary N) is 1. The Hall–Kier alpha value is -1.29. The number of nitrogens with zero attached hydrogens (tertiary/aromatic N) is 1. The van der Waals surface area contributed by atoms with Crippen molar-refractivity contribution < 1.29 is 9.13 Å². The molecule has 0 saturated carbocycles. The predicted octanol–water partition coefficient (Wildman–Crippen LogP) is 2.54. The summed E-state index contributed by atoms with van der Waals surface area (Å²) in [7, 11) is 0. The maximum absolute atomic E-state index is 13.4. The monoisotopic (exact) mass is 252 g/mol. The first kappa shape index (κ1) is 13.1. The normalized spacial score (nSPS) is 19.9. The number of hydrogen-bond donors (Lipinski definition) is 1. The average molecular weight is 252 g/mol. The highest BCUT2D eigenvalue weighted by atomic mass is 19.1. The number of benzene rings is 1. The van der Waals surface area contributed by atoms with E-state index in [1.165, 1.54) is 6.07 Å². The van der Waals surface area contributed by atoms with Crippen LogP contribution in [-0.4, -0.2) is 25.7 Å². The van der Waals surface area contributed by atoms with Crippen LogP contribution in [0.3, 0.4) is 0 Å². The number of anilines is 1. The molecule has 2 N–H and O–H groups in total. The third-order valence-electron chi connectivity index (χ3n) is 3.18. The van der Waals surface area contributed by atoms with Gasteiger partial charge in [-0.25, -0.2) is 4.39 Å². The Morgan fingerprint density at radius 3 is 3.06 bits per heavy atom. The van der Waals surface area contributed by atoms with E-state index in [1.54, 1.807) is 12.1 Å². The maximum atomic E-state index is 13.4. The van der Waals surface area contributed by atoms with Crippen molar-refractivity contribution in [1.82, 2.24) is 0 Å². The Morgan fingerprint density at radius 1 is 1.50 bits per heavy atom. The molecule has 0 radical (unpaired) electrons. The molecule has 1 heterocycles. The topological polar surface area (TPSA) is 38.5 Å². The van der Waals surface area contributed by atoms with Gasteiger partial charge >= 0.3 is 0 Å². The molecule has 1 aromatic carbocycles. The highest BCUT2D eigenvalue weighted by Gasteiger charge is 2.20. The van der Waals surface area contributed by atoms with Crippen LogP contribution in [0.5, 0.6) is 5.75 Å². The van der Waals surface area contributed by atoms with Crippen molar-refractivity contribution in [2.45, 2.75) is 32.2 Å². The molecule has 3 nitrogen and oxygen atoms in total. The molecule has 4 heteroatoms. The molecule has 1 aromatic rings. The van der Waals surface area contributed by atoms with Crippen molar-refractivity contribution in [2.75, 3.05) is 24.6 Å². The third kappa shape index (κ3) is 3.13. The smallest absolute Gasteiger partial charge is 0.142 e. The largest absolute Gasteiger partial charge is 0.491 e. The van der Waals surface area contributed by atoms with Crippen molar-refractivity contribution in [3.05, 3.63) is 24.0 Å². The minimum atomic E-state index is -0.229. The molecule has 0 bridgehead atoms. The average Bonchev–Trinajstić information content (AvgIpc) is 2.37. The molecular formula is C14H21FN2O. The molecule has 1 aliphatic rings. The second-order valence-corrected chi connectivity index (χ2v) is 4.81. The van der Waals surface area contributed by atoms with Crippen LogP contribution in [0, 0.1) is 5.82 Å². The van der Waals surface area contributed by atoms with E-state index in [0.717, 1.165) is 43.8 Å². The van der Waals surface area contributed by atoms with Gasteiger partial charge in [0.15, 0.2) is 0 Å². The lowest BCUT2D eigenvalue weighted by Crippen LogP contribution is -2.43. The van der Waals surface area contributed by atoms with E-state index in [2.05, 4.69) is 11.8 Å². The van der Waals surface area contributed by atoms with Crippen LogP contribution < -0.4 is 15.4 Å². The summed E-state index contributed by atoms with van der Waals surface area (Å²) in [4.78, 5) is 2.13. The molecule has 1 aliphatic heterocycles. The quantitative estimate of drug-likeness (QED) is 0.895. The Bertz CT molecular complexity index is 397. The summed E-state index contributed by atoms with van der Waals surface area (Å²) in [6, 6.07) is 4.86. The number of ether oxygens (including phenoxy) is 1. The van der Waals surface area contributed by atoms with Crippen molar-refractivity contribution in [3.8, 4) is 5.75 Å². The molecule has 0 aromatic heterocycles. The first-order valence-corrected chi connectivity index (χ1v) is 6.63. The summed E-state index contributed by atoms with van der Waals surface area (Å²) in [6.07, 6.45) is 3.03. The Kier molecular flexibility index (Phi) is 4.42. The van der Waals surface area contributed by atoms with Crippen LogP contribution >= 0.6 is 0 Å². The van der Waals surface area contributed by atoms with Crippen LogP contribution in [0.2, 0.25) is 0 Å². The summed E-state index contributed by atoms with van der Waals surface area (Å²) in [5.41, 5.74) is 6.81. The van der Waals surface area contributed by atoms with Crippen molar-refractivity contribution in [1.29, 1.82) is 0 Å². The Labute approximate surface area is 108 Å². The summed E-state index contributed by atoms with van der Waals surface area (Å²) < 4.78 is 19.1. The molecule has 0 spiro atoms. The van der Waals surface area contributed by atoms with Gasteiger partial charge in [0, 0.05) is 25.2 Å². The van der Waals surface area contributed by atoms with E-state index in [-0.39, 0.29) is 11.9 Å². The van der Waals surface area contributed by atoms with Gasteiger partial charge in [0.25, 0.3) is 0 Å². The first-order valence-electron chi connectivity index (χ1n) is 6.63. The fourth-order valence-corrected chi connectivity index (χ4v) is 2.30. The second kappa shape index (κ2) is 6.05. The Balaban J connectivity index is 2.20. The lowest BCUT2D eigenvalue weighted by Gasteiger charge is -2.33. The van der Waals surface area contributed by atoms with Gasteiger partial charge in [-0.1, -0.05) is 6.92 Å². The number of piperidine rings is 1. The highest BCUT2D eigenvalue weighted by Crippen LogP contribution is 2.31. The van der Waals surface area contributed by atoms with Gasteiger partial charge in [-0.2, -0.15) is 0 Å². The molecule has 0 aliphatic carbocycles. The molecule has 100 valence electrons. The fraction of sp³-hybridized carbons (Fsp3) is 0.571. The van der Waals surface area contributed by atoms with Crippen LogP contribution in [0.15, 0.2) is 18.2 Å². The SMILES string of the molecule is CCCOc1ccc(F)cc1N1CCCC(N)C1. The molecule has 18 heavy (non-hydrogen) atoms. The van der Waals surface area contributed by atoms with E-state index in [0.29, 0.717) is 6.61 Å². The van der Waals surface area contributed by atoms with Gasteiger partial charge in [-0.3, -0.25) is 0 Å². The fourth-order valence-electron chi connectivity index (χ4n) is 2.30. The molecule has 1 saturated heterocycles. The van der Waals surface area contributed by atoms with Crippen molar-refractivity contribution in [2.24, 2.45) is 5.73 Å². The minimum Gasteiger partial charge on any atom is -0.491 e. The van der Waals surface area contributed by atoms with Gasteiger partial charge in [0.05, 0.1) is 12.3 Å². The van der Waals surface area contributed by atoms with Crippen molar-refractivity contribution >= 4 is 5.69 Å². The number of hydrogen-bond acceptors (Lipinski definition) is 3. The predicted molar refractivity (Wildman–Crippen MR) is 71.6 cm³/mol. The number of halogens is 1. The lowest BCUT2D eigenvalue weighted by molar-refractivity contribution is 0.316. The first-order chi connectivity index (χ1) is 8.70.